The van der Waals surface area contributed by atoms with E-state index in [9.17, 15) is 4.79 Å². The molecule has 142 valence electrons. The van der Waals surface area contributed by atoms with Crippen LogP contribution >= 0.6 is 0 Å². The number of nitrogens with two attached hydrogens (primary N) is 1. The number of aryl methyl sites for hydroxylation is 1. The van der Waals surface area contributed by atoms with Crippen LogP contribution in [0.5, 0.6) is 0 Å². The first-order valence-electron chi connectivity index (χ1n) is 9.50. The van der Waals surface area contributed by atoms with Gasteiger partial charge in [0.15, 0.2) is 0 Å². The highest BCUT2D eigenvalue weighted by Crippen LogP contribution is 2.36. The van der Waals surface area contributed by atoms with E-state index in [0.717, 1.165) is 57.4 Å². The number of amides is 1. The van der Waals surface area contributed by atoms with Crippen LogP contribution in [0.3, 0.4) is 0 Å². The van der Waals surface area contributed by atoms with Crippen molar-refractivity contribution in [2.75, 3.05) is 0 Å². The van der Waals surface area contributed by atoms with Crippen LogP contribution in [0, 0.1) is 0 Å². The predicted molar refractivity (Wildman–Crippen MR) is 112 cm³/mol. The van der Waals surface area contributed by atoms with Crippen molar-refractivity contribution < 1.29 is 4.79 Å². The summed E-state index contributed by atoms with van der Waals surface area (Å²) in [6.45, 7) is 4.19. The quantitative estimate of drug-likeness (QED) is 0.548. The largest absolute Gasteiger partial charge is 0.364 e. The number of carbonyl (C=O) groups excluding carboxylic acids is 1. The van der Waals surface area contributed by atoms with E-state index in [1.54, 1.807) is 10.8 Å². The van der Waals surface area contributed by atoms with Gasteiger partial charge in [0.1, 0.15) is 5.69 Å². The summed E-state index contributed by atoms with van der Waals surface area (Å²) in [6, 6.07) is 12.1. The Hall–Kier alpha value is -3.80. The number of allylic oxidation sites excluding steroid dienone is 1. The molecular weight excluding hydrogens is 362 g/mol. The molecule has 1 aliphatic carbocycles. The van der Waals surface area contributed by atoms with Crippen molar-refractivity contribution in [1.29, 1.82) is 0 Å². The minimum atomic E-state index is -0.461. The molecule has 4 aromatic rings. The molecule has 5 rings (SSSR count). The van der Waals surface area contributed by atoms with E-state index < -0.39 is 5.91 Å². The number of rotatable bonds is 4. The normalized spacial score (nSPS) is 12.4. The van der Waals surface area contributed by atoms with Crippen LogP contribution in [0.15, 0.2) is 61.4 Å². The smallest absolute Gasteiger partial charge is 0.267 e. The van der Waals surface area contributed by atoms with E-state index in [4.69, 9.17) is 5.73 Å². The summed E-state index contributed by atoms with van der Waals surface area (Å²) in [5.41, 5.74) is 12.7. The fourth-order valence-electron chi connectivity index (χ4n) is 4.01. The lowest BCUT2D eigenvalue weighted by molar-refractivity contribution is 0.0989. The van der Waals surface area contributed by atoms with Gasteiger partial charge in [-0.1, -0.05) is 24.3 Å². The fraction of sp³-hybridized carbons (Fsp3) is 0.130. The number of carbonyl (C=O) groups is 1. The molecule has 6 heteroatoms. The zero-order valence-electron chi connectivity index (χ0n) is 15.8. The lowest BCUT2D eigenvalue weighted by Gasteiger charge is -2.16. The average Bonchev–Trinajstić information content (AvgIpc) is 3.12. The molecule has 0 spiro atoms. The Morgan fingerprint density at radius 1 is 1.17 bits per heavy atom. The molecule has 1 amide bonds. The van der Waals surface area contributed by atoms with Crippen molar-refractivity contribution in [2.45, 2.75) is 19.4 Å². The summed E-state index contributed by atoms with van der Waals surface area (Å²) in [5.74, 6) is -0.461. The number of hydrogen-bond donors (Lipinski definition) is 1. The van der Waals surface area contributed by atoms with Crippen molar-refractivity contribution in [3.8, 4) is 22.5 Å². The molecule has 1 aromatic carbocycles. The molecule has 0 radical (unpaired) electrons. The maximum Gasteiger partial charge on any atom is 0.267 e. The number of aromatic nitrogens is 4. The van der Waals surface area contributed by atoms with Crippen LogP contribution in [-0.2, 0) is 19.4 Å². The zero-order chi connectivity index (χ0) is 20.0. The summed E-state index contributed by atoms with van der Waals surface area (Å²) in [5, 5.41) is 5.76. The molecule has 0 unspecified atom stereocenters. The minimum Gasteiger partial charge on any atom is -0.364 e. The van der Waals surface area contributed by atoms with Gasteiger partial charge < -0.3 is 5.73 Å². The van der Waals surface area contributed by atoms with Crippen LogP contribution in [0.2, 0.25) is 0 Å². The lowest BCUT2D eigenvalue weighted by atomic mass is 9.89. The Balaban J connectivity index is 1.66. The second-order valence-electron chi connectivity index (χ2n) is 7.15. The highest BCUT2D eigenvalue weighted by Gasteiger charge is 2.27. The number of hydrogen-bond acceptors (Lipinski definition) is 4. The van der Waals surface area contributed by atoms with Gasteiger partial charge in [-0.25, -0.2) is 0 Å². The Morgan fingerprint density at radius 3 is 2.86 bits per heavy atom. The van der Waals surface area contributed by atoms with Gasteiger partial charge in [-0.05, 0) is 36.6 Å². The van der Waals surface area contributed by atoms with Crippen molar-refractivity contribution >= 4 is 16.8 Å². The number of benzene rings is 1. The van der Waals surface area contributed by atoms with E-state index in [1.165, 1.54) is 0 Å². The Morgan fingerprint density at radius 2 is 2.03 bits per heavy atom. The van der Waals surface area contributed by atoms with E-state index in [-0.39, 0.29) is 0 Å². The van der Waals surface area contributed by atoms with Crippen molar-refractivity contribution in [3.05, 3.63) is 78.3 Å². The van der Waals surface area contributed by atoms with Crippen LogP contribution in [-0.4, -0.2) is 25.7 Å². The molecule has 3 aromatic heterocycles. The number of pyridine rings is 2. The number of nitrogens with zero attached hydrogens (tertiary/aromatic N) is 4. The molecule has 6 nitrogen and oxygen atoms in total. The molecule has 0 saturated carbocycles. The van der Waals surface area contributed by atoms with Crippen LogP contribution < -0.4 is 5.73 Å². The predicted octanol–water partition coefficient (Wildman–Crippen LogP) is 3.54. The van der Waals surface area contributed by atoms with Gasteiger partial charge in [0, 0.05) is 34.5 Å². The molecule has 1 aliphatic rings. The van der Waals surface area contributed by atoms with E-state index in [1.807, 2.05) is 42.7 Å². The maximum absolute atomic E-state index is 12.1. The number of para-hydroxylation sites is 1. The molecule has 0 aliphatic heterocycles. The highest BCUT2D eigenvalue weighted by molar-refractivity contribution is 5.95. The minimum absolute atomic E-state index is 0.438. The third-order valence-electron chi connectivity index (χ3n) is 5.36. The average molecular weight is 381 g/mol. The lowest BCUT2D eigenvalue weighted by Crippen LogP contribution is -2.19. The molecule has 0 atom stereocenters. The summed E-state index contributed by atoms with van der Waals surface area (Å²) >= 11 is 0. The molecule has 0 saturated heterocycles. The Kier molecular flexibility index (Phi) is 3.98. The van der Waals surface area contributed by atoms with E-state index >= 15 is 0 Å². The molecular formula is C23H19N5O. The Bertz CT molecular complexity index is 1290. The van der Waals surface area contributed by atoms with Crippen molar-refractivity contribution in [1.82, 2.24) is 19.7 Å². The second-order valence-corrected chi connectivity index (χ2v) is 7.15. The monoisotopic (exact) mass is 381 g/mol. The standard InChI is InChI=1S/C23H19N5O/c1-2-9-28-22(23(24)29)17-8-7-15-12-26-20(11-18(15)21(17)27-28)16-10-14-5-3-4-6-19(14)25-13-16/h2-6,10-13H,1,7-9H2,(H2,24,29). The SMILES string of the molecule is C=CCn1nc2c(c1C(N)=O)CCc1cnc(-c3cnc4ccccc4c3)cc1-2. The third kappa shape index (κ3) is 2.81. The summed E-state index contributed by atoms with van der Waals surface area (Å²) in [6.07, 6.45) is 6.97. The maximum atomic E-state index is 12.1. The third-order valence-corrected chi connectivity index (χ3v) is 5.36. The molecule has 3 heterocycles. The van der Waals surface area contributed by atoms with Crippen LogP contribution in [0.4, 0.5) is 0 Å². The first-order valence-corrected chi connectivity index (χ1v) is 9.50. The Labute approximate surface area is 167 Å². The topological polar surface area (TPSA) is 86.7 Å². The first kappa shape index (κ1) is 17.3. The van der Waals surface area contributed by atoms with Gasteiger partial charge in [0.05, 0.1) is 23.4 Å². The van der Waals surface area contributed by atoms with Crippen molar-refractivity contribution in [3.63, 3.8) is 0 Å². The fourth-order valence-corrected chi connectivity index (χ4v) is 4.01. The molecule has 29 heavy (non-hydrogen) atoms. The van der Waals surface area contributed by atoms with Gasteiger partial charge in [0.25, 0.3) is 5.91 Å². The summed E-state index contributed by atoms with van der Waals surface area (Å²) in [7, 11) is 0. The van der Waals surface area contributed by atoms with Gasteiger partial charge >= 0.3 is 0 Å². The molecule has 0 fully saturated rings. The molecule has 0 bridgehead atoms. The van der Waals surface area contributed by atoms with Crippen LogP contribution in [0.25, 0.3) is 33.4 Å². The highest BCUT2D eigenvalue weighted by atomic mass is 16.1. The van der Waals surface area contributed by atoms with Crippen LogP contribution in [0.1, 0.15) is 21.6 Å². The van der Waals surface area contributed by atoms with Gasteiger partial charge in [-0.2, -0.15) is 5.10 Å². The number of fused-ring (bicyclic) bond motifs is 4. The van der Waals surface area contributed by atoms with E-state index in [0.29, 0.717) is 12.2 Å². The van der Waals surface area contributed by atoms with Gasteiger partial charge in [0.2, 0.25) is 0 Å². The first-order chi connectivity index (χ1) is 14.2. The second kappa shape index (κ2) is 6.67. The van der Waals surface area contributed by atoms with Gasteiger partial charge in [-0.3, -0.25) is 19.4 Å². The summed E-state index contributed by atoms with van der Waals surface area (Å²) in [4.78, 5) is 21.3. The van der Waals surface area contributed by atoms with E-state index in [2.05, 4.69) is 27.7 Å². The summed E-state index contributed by atoms with van der Waals surface area (Å²) < 4.78 is 1.65. The number of primary amides is 1. The molecule has 2 N–H and O–H groups in total. The zero-order valence-corrected chi connectivity index (χ0v) is 15.8. The van der Waals surface area contributed by atoms with Crippen molar-refractivity contribution in [2.24, 2.45) is 5.73 Å². The van der Waals surface area contributed by atoms with Gasteiger partial charge in [-0.15, -0.1) is 6.58 Å².